The van der Waals surface area contributed by atoms with Crippen molar-refractivity contribution in [2.45, 2.75) is 19.9 Å². The minimum absolute atomic E-state index is 0.0721. The molecule has 0 heterocycles. The van der Waals surface area contributed by atoms with Crippen LogP contribution in [-0.2, 0) is 9.59 Å². The fourth-order valence-corrected chi connectivity index (χ4v) is 1.57. The average molecular weight is 279 g/mol. The van der Waals surface area contributed by atoms with E-state index in [0.29, 0.717) is 11.4 Å². The summed E-state index contributed by atoms with van der Waals surface area (Å²) in [5.74, 6) is 0.330. The van der Waals surface area contributed by atoms with E-state index in [1.807, 2.05) is 13.8 Å². The van der Waals surface area contributed by atoms with Crippen molar-refractivity contribution in [3.63, 3.8) is 0 Å². The van der Waals surface area contributed by atoms with Crippen LogP contribution < -0.4 is 20.7 Å². The van der Waals surface area contributed by atoms with Crippen molar-refractivity contribution in [1.29, 1.82) is 0 Å². The molecule has 0 radical (unpaired) electrons. The summed E-state index contributed by atoms with van der Waals surface area (Å²) in [4.78, 5) is 23.0. The van der Waals surface area contributed by atoms with E-state index in [1.54, 1.807) is 31.4 Å². The Bertz CT molecular complexity index is 461. The van der Waals surface area contributed by atoms with E-state index in [1.165, 1.54) is 0 Å². The molecule has 20 heavy (non-hydrogen) atoms. The van der Waals surface area contributed by atoms with Gasteiger partial charge in [0.25, 0.3) is 0 Å². The molecule has 0 spiro atoms. The second-order valence-corrected chi connectivity index (χ2v) is 4.61. The normalized spacial score (nSPS) is 10.2. The monoisotopic (exact) mass is 279 g/mol. The summed E-state index contributed by atoms with van der Waals surface area (Å²) < 4.78 is 5.07. The first kappa shape index (κ1) is 16.0. The third-order valence-corrected chi connectivity index (χ3v) is 2.37. The molecule has 110 valence electrons. The zero-order chi connectivity index (χ0) is 15.0. The highest BCUT2D eigenvalue weighted by molar-refractivity contribution is 5.92. The molecule has 6 nitrogen and oxygen atoms in total. The Morgan fingerprint density at radius 1 is 1.20 bits per heavy atom. The summed E-state index contributed by atoms with van der Waals surface area (Å²) in [5, 5.41) is 8.23. The molecular weight excluding hydrogens is 258 g/mol. The molecule has 0 atom stereocenters. The van der Waals surface area contributed by atoms with Crippen LogP contribution in [0, 0.1) is 0 Å². The lowest BCUT2D eigenvalue weighted by molar-refractivity contribution is -0.120. The Labute approximate surface area is 118 Å². The molecule has 0 aliphatic rings. The second kappa shape index (κ2) is 8.16. The number of carbonyl (C=O) groups is 2. The van der Waals surface area contributed by atoms with Gasteiger partial charge in [-0.2, -0.15) is 0 Å². The standard InChI is InChI=1S/C14H21N3O3/c1-10(2)16-13(18)8-15-9-14(19)17-11-5-4-6-12(7-11)20-3/h4-7,10,15H,8-9H2,1-3H3,(H,16,18)(H,17,19). The molecule has 3 N–H and O–H groups in total. The van der Waals surface area contributed by atoms with Crippen molar-refractivity contribution in [1.82, 2.24) is 10.6 Å². The maximum absolute atomic E-state index is 11.7. The first-order valence-electron chi connectivity index (χ1n) is 6.45. The van der Waals surface area contributed by atoms with Crippen molar-refractivity contribution >= 4 is 17.5 Å². The first-order valence-corrected chi connectivity index (χ1v) is 6.45. The number of amides is 2. The lowest BCUT2D eigenvalue weighted by Gasteiger charge is -2.10. The molecule has 6 heteroatoms. The summed E-state index contributed by atoms with van der Waals surface area (Å²) in [6, 6.07) is 7.17. The summed E-state index contributed by atoms with van der Waals surface area (Å²) in [5.41, 5.74) is 0.655. The molecule has 0 aliphatic heterocycles. The highest BCUT2D eigenvalue weighted by Crippen LogP contribution is 2.16. The van der Waals surface area contributed by atoms with E-state index in [2.05, 4.69) is 16.0 Å². The average Bonchev–Trinajstić information content (AvgIpc) is 2.38. The quantitative estimate of drug-likeness (QED) is 0.688. The minimum atomic E-state index is -0.212. The molecule has 0 unspecified atom stereocenters. The van der Waals surface area contributed by atoms with Gasteiger partial charge in [-0.3, -0.25) is 14.9 Å². The van der Waals surface area contributed by atoms with Crippen LogP contribution in [0.4, 0.5) is 5.69 Å². The van der Waals surface area contributed by atoms with Gasteiger partial charge in [-0.1, -0.05) is 6.07 Å². The van der Waals surface area contributed by atoms with E-state index in [9.17, 15) is 9.59 Å². The summed E-state index contributed by atoms with van der Waals surface area (Å²) >= 11 is 0. The zero-order valence-corrected chi connectivity index (χ0v) is 12.0. The lowest BCUT2D eigenvalue weighted by atomic mass is 10.3. The fraction of sp³-hybridized carbons (Fsp3) is 0.429. The van der Waals surface area contributed by atoms with E-state index in [4.69, 9.17) is 4.74 Å². The lowest BCUT2D eigenvalue weighted by Crippen LogP contribution is -2.40. The van der Waals surface area contributed by atoms with Gasteiger partial charge in [0.15, 0.2) is 0 Å². The maximum atomic E-state index is 11.7. The second-order valence-electron chi connectivity index (χ2n) is 4.61. The Morgan fingerprint density at radius 3 is 2.55 bits per heavy atom. The number of hydrogen-bond donors (Lipinski definition) is 3. The topological polar surface area (TPSA) is 79.5 Å². The van der Waals surface area contributed by atoms with Gasteiger partial charge in [-0.05, 0) is 26.0 Å². The van der Waals surface area contributed by atoms with Crippen LogP contribution in [0.1, 0.15) is 13.8 Å². The van der Waals surface area contributed by atoms with Gasteiger partial charge in [0, 0.05) is 17.8 Å². The van der Waals surface area contributed by atoms with Crippen LogP contribution in [0.15, 0.2) is 24.3 Å². The van der Waals surface area contributed by atoms with Crippen LogP contribution in [0.3, 0.4) is 0 Å². The smallest absolute Gasteiger partial charge is 0.238 e. The van der Waals surface area contributed by atoms with Gasteiger partial charge in [0.05, 0.1) is 20.2 Å². The van der Waals surface area contributed by atoms with E-state index in [0.717, 1.165) is 0 Å². The number of hydrogen-bond acceptors (Lipinski definition) is 4. The highest BCUT2D eigenvalue weighted by Gasteiger charge is 2.06. The molecule has 0 aliphatic carbocycles. The Morgan fingerprint density at radius 2 is 1.90 bits per heavy atom. The number of ether oxygens (including phenoxy) is 1. The number of rotatable bonds is 7. The third kappa shape index (κ3) is 6.19. The zero-order valence-electron chi connectivity index (χ0n) is 12.0. The predicted octanol–water partition coefficient (Wildman–Crippen LogP) is 0.748. The molecule has 1 rings (SSSR count). The van der Waals surface area contributed by atoms with Crippen LogP contribution in [0.25, 0.3) is 0 Å². The summed E-state index contributed by atoms with van der Waals surface area (Å²) in [6.45, 7) is 3.95. The molecule has 1 aromatic carbocycles. The van der Waals surface area contributed by atoms with Gasteiger partial charge in [-0.15, -0.1) is 0 Å². The highest BCUT2D eigenvalue weighted by atomic mass is 16.5. The number of anilines is 1. The van der Waals surface area contributed by atoms with Crippen LogP contribution in [0.5, 0.6) is 5.75 Å². The van der Waals surface area contributed by atoms with Crippen molar-refractivity contribution in [2.24, 2.45) is 0 Å². The SMILES string of the molecule is COc1cccc(NC(=O)CNCC(=O)NC(C)C)c1. The molecular formula is C14H21N3O3. The van der Waals surface area contributed by atoms with E-state index >= 15 is 0 Å². The third-order valence-electron chi connectivity index (χ3n) is 2.37. The molecule has 0 saturated heterocycles. The Balaban J connectivity index is 2.31. The van der Waals surface area contributed by atoms with Gasteiger partial charge in [0.1, 0.15) is 5.75 Å². The molecule has 0 aromatic heterocycles. The van der Waals surface area contributed by atoms with Gasteiger partial charge in [-0.25, -0.2) is 0 Å². The summed E-state index contributed by atoms with van der Waals surface area (Å²) in [6.07, 6.45) is 0. The van der Waals surface area contributed by atoms with Crippen molar-refractivity contribution < 1.29 is 14.3 Å². The molecule has 1 aromatic rings. The first-order chi connectivity index (χ1) is 9.51. The molecule has 0 bridgehead atoms. The van der Waals surface area contributed by atoms with Crippen molar-refractivity contribution in [3.05, 3.63) is 24.3 Å². The molecule has 2 amide bonds. The van der Waals surface area contributed by atoms with Crippen molar-refractivity contribution in [3.8, 4) is 5.75 Å². The number of nitrogens with one attached hydrogen (secondary N) is 3. The number of carbonyl (C=O) groups excluding carboxylic acids is 2. The minimum Gasteiger partial charge on any atom is -0.497 e. The Kier molecular flexibility index (Phi) is 6.52. The predicted molar refractivity (Wildman–Crippen MR) is 77.8 cm³/mol. The van der Waals surface area contributed by atoms with E-state index in [-0.39, 0.29) is 30.9 Å². The van der Waals surface area contributed by atoms with Gasteiger partial charge < -0.3 is 15.4 Å². The molecule has 0 saturated carbocycles. The number of benzene rings is 1. The Hall–Kier alpha value is -2.08. The van der Waals surface area contributed by atoms with E-state index < -0.39 is 0 Å². The fourth-order valence-electron chi connectivity index (χ4n) is 1.57. The van der Waals surface area contributed by atoms with Crippen LogP contribution >= 0.6 is 0 Å². The number of methoxy groups -OCH3 is 1. The maximum Gasteiger partial charge on any atom is 0.238 e. The van der Waals surface area contributed by atoms with Crippen molar-refractivity contribution in [2.75, 3.05) is 25.5 Å². The largest absolute Gasteiger partial charge is 0.497 e. The van der Waals surface area contributed by atoms with Crippen LogP contribution in [0.2, 0.25) is 0 Å². The van der Waals surface area contributed by atoms with Gasteiger partial charge >= 0.3 is 0 Å². The van der Waals surface area contributed by atoms with Crippen LogP contribution in [-0.4, -0.2) is 38.1 Å². The summed E-state index contributed by atoms with van der Waals surface area (Å²) in [7, 11) is 1.57. The molecule has 0 fully saturated rings. The van der Waals surface area contributed by atoms with Gasteiger partial charge in [0.2, 0.25) is 11.8 Å².